The summed E-state index contributed by atoms with van der Waals surface area (Å²) in [4.78, 5) is 12.9. The van der Waals surface area contributed by atoms with Crippen molar-refractivity contribution in [1.29, 1.82) is 0 Å². The van der Waals surface area contributed by atoms with Crippen LogP contribution in [0.4, 0.5) is 0 Å². The molecule has 0 spiro atoms. The van der Waals surface area contributed by atoms with Gasteiger partial charge in [0.2, 0.25) is 0 Å². The summed E-state index contributed by atoms with van der Waals surface area (Å²) < 4.78 is 36.3. The van der Waals surface area contributed by atoms with Crippen molar-refractivity contribution in [1.82, 2.24) is 5.32 Å². The Bertz CT molecular complexity index is 1160. The van der Waals surface area contributed by atoms with Crippen molar-refractivity contribution in [3.8, 4) is 11.5 Å². The first kappa shape index (κ1) is 23.3. The van der Waals surface area contributed by atoms with E-state index < -0.39 is 9.84 Å². The molecule has 3 rings (SSSR count). The van der Waals surface area contributed by atoms with E-state index in [1.807, 2.05) is 25.1 Å². The quantitative estimate of drug-likeness (QED) is 0.492. The molecule has 0 aliphatic heterocycles. The zero-order valence-electron chi connectivity index (χ0n) is 18.2. The van der Waals surface area contributed by atoms with Gasteiger partial charge >= 0.3 is 0 Å². The lowest BCUT2D eigenvalue weighted by Crippen LogP contribution is -2.23. The van der Waals surface area contributed by atoms with Gasteiger partial charge in [-0.25, -0.2) is 8.42 Å². The van der Waals surface area contributed by atoms with Gasteiger partial charge in [0, 0.05) is 12.1 Å². The lowest BCUT2D eigenvalue weighted by Gasteiger charge is -2.12. The molecule has 0 atom stereocenters. The first-order valence-electron chi connectivity index (χ1n) is 10.4. The van der Waals surface area contributed by atoms with Crippen LogP contribution in [0.3, 0.4) is 0 Å². The maximum absolute atomic E-state index is 12.7. The van der Waals surface area contributed by atoms with Crippen LogP contribution in [-0.4, -0.2) is 28.0 Å². The SMILES string of the molecule is CCCOc1ccc(CNC(=O)c2cccc(CS(=O)(=O)c3ccccc3)c2)cc1OC. The third-order valence-corrected chi connectivity index (χ3v) is 6.49. The number of sulfone groups is 1. The zero-order valence-corrected chi connectivity index (χ0v) is 19.0. The summed E-state index contributed by atoms with van der Waals surface area (Å²) in [5.74, 6) is 0.818. The van der Waals surface area contributed by atoms with Crippen LogP contribution >= 0.6 is 0 Å². The van der Waals surface area contributed by atoms with Crippen molar-refractivity contribution in [3.63, 3.8) is 0 Å². The minimum atomic E-state index is -3.49. The van der Waals surface area contributed by atoms with Crippen molar-refractivity contribution in [3.05, 3.63) is 89.5 Å². The van der Waals surface area contributed by atoms with Gasteiger partial charge in [0.15, 0.2) is 21.3 Å². The van der Waals surface area contributed by atoms with Crippen LogP contribution < -0.4 is 14.8 Å². The summed E-state index contributed by atoms with van der Waals surface area (Å²) in [5, 5.41) is 2.87. The van der Waals surface area contributed by atoms with E-state index in [4.69, 9.17) is 9.47 Å². The molecule has 3 aromatic carbocycles. The zero-order chi connectivity index (χ0) is 23.0. The van der Waals surface area contributed by atoms with Crippen molar-refractivity contribution in [2.24, 2.45) is 0 Å². The lowest BCUT2D eigenvalue weighted by molar-refractivity contribution is 0.0950. The Morgan fingerprint density at radius 3 is 2.41 bits per heavy atom. The summed E-state index contributed by atoms with van der Waals surface area (Å²) in [7, 11) is -1.91. The number of rotatable bonds is 10. The standard InChI is InChI=1S/C25H27NO5S/c1-3-14-31-23-13-12-19(16-24(23)30-2)17-26-25(27)21-9-7-8-20(15-21)18-32(28,29)22-10-5-4-6-11-22/h4-13,15-16H,3,14,17-18H2,1-2H3,(H,26,27). The highest BCUT2D eigenvalue weighted by atomic mass is 32.2. The molecule has 6 nitrogen and oxygen atoms in total. The van der Waals surface area contributed by atoms with Crippen molar-refractivity contribution in [2.45, 2.75) is 30.5 Å². The number of amides is 1. The number of hydrogen-bond donors (Lipinski definition) is 1. The number of methoxy groups -OCH3 is 1. The van der Waals surface area contributed by atoms with Gasteiger partial charge in [-0.05, 0) is 53.9 Å². The largest absolute Gasteiger partial charge is 0.493 e. The van der Waals surface area contributed by atoms with E-state index in [1.54, 1.807) is 61.7 Å². The van der Waals surface area contributed by atoms with Crippen LogP contribution in [0.1, 0.15) is 34.8 Å². The minimum Gasteiger partial charge on any atom is -0.493 e. The van der Waals surface area contributed by atoms with Crippen molar-refractivity contribution < 1.29 is 22.7 Å². The molecule has 0 aromatic heterocycles. The second kappa shape index (κ2) is 10.8. The Balaban J connectivity index is 1.66. The Morgan fingerprint density at radius 2 is 1.69 bits per heavy atom. The fourth-order valence-electron chi connectivity index (χ4n) is 3.17. The highest BCUT2D eigenvalue weighted by Gasteiger charge is 2.16. The molecule has 168 valence electrons. The molecule has 0 fully saturated rings. The van der Waals surface area contributed by atoms with Gasteiger partial charge in [0.1, 0.15) is 0 Å². The van der Waals surface area contributed by atoms with Crippen molar-refractivity contribution in [2.75, 3.05) is 13.7 Å². The Kier molecular flexibility index (Phi) is 7.89. The fraction of sp³-hybridized carbons (Fsp3) is 0.240. The van der Waals surface area contributed by atoms with Gasteiger partial charge in [-0.3, -0.25) is 4.79 Å². The van der Waals surface area contributed by atoms with E-state index in [0.717, 1.165) is 12.0 Å². The second-order valence-corrected chi connectivity index (χ2v) is 9.28. The Labute approximate surface area is 189 Å². The highest BCUT2D eigenvalue weighted by Crippen LogP contribution is 2.28. The number of ether oxygens (including phenoxy) is 2. The van der Waals surface area contributed by atoms with Gasteiger partial charge in [0.25, 0.3) is 5.91 Å². The Morgan fingerprint density at radius 1 is 0.906 bits per heavy atom. The highest BCUT2D eigenvalue weighted by molar-refractivity contribution is 7.90. The third kappa shape index (κ3) is 6.11. The van der Waals surface area contributed by atoms with Crippen LogP contribution in [0, 0.1) is 0 Å². The topological polar surface area (TPSA) is 81.7 Å². The van der Waals surface area contributed by atoms with E-state index in [-0.39, 0.29) is 16.6 Å². The summed E-state index contributed by atoms with van der Waals surface area (Å²) in [6.07, 6.45) is 0.896. The number of benzene rings is 3. The predicted octanol–water partition coefficient (Wildman–Crippen LogP) is 4.39. The summed E-state index contributed by atoms with van der Waals surface area (Å²) >= 11 is 0. The maximum atomic E-state index is 12.7. The van der Waals surface area contributed by atoms with E-state index in [9.17, 15) is 13.2 Å². The van der Waals surface area contributed by atoms with Crippen LogP contribution in [0.15, 0.2) is 77.7 Å². The number of carbonyl (C=O) groups excluding carboxylic acids is 1. The molecule has 7 heteroatoms. The minimum absolute atomic E-state index is 0.172. The molecule has 0 saturated carbocycles. The molecular weight excluding hydrogens is 426 g/mol. The van der Waals surface area contributed by atoms with Gasteiger partial charge < -0.3 is 14.8 Å². The number of nitrogens with one attached hydrogen (secondary N) is 1. The average Bonchev–Trinajstić information content (AvgIpc) is 2.81. The van der Waals surface area contributed by atoms with E-state index >= 15 is 0 Å². The van der Waals surface area contributed by atoms with Gasteiger partial charge in [-0.15, -0.1) is 0 Å². The normalized spacial score (nSPS) is 11.1. The van der Waals surface area contributed by atoms with Gasteiger partial charge in [0.05, 0.1) is 24.4 Å². The molecule has 0 radical (unpaired) electrons. The predicted molar refractivity (Wildman–Crippen MR) is 124 cm³/mol. The smallest absolute Gasteiger partial charge is 0.251 e. The van der Waals surface area contributed by atoms with Gasteiger partial charge in [-0.2, -0.15) is 0 Å². The molecule has 0 bridgehead atoms. The average molecular weight is 454 g/mol. The second-order valence-electron chi connectivity index (χ2n) is 7.29. The van der Waals surface area contributed by atoms with Gasteiger partial charge in [-0.1, -0.05) is 43.3 Å². The molecule has 0 unspecified atom stereocenters. The van der Waals surface area contributed by atoms with Crippen LogP contribution in [0.5, 0.6) is 11.5 Å². The molecule has 0 aliphatic carbocycles. The van der Waals surface area contributed by atoms with Crippen LogP contribution in [-0.2, 0) is 22.1 Å². The molecule has 1 amide bonds. The van der Waals surface area contributed by atoms with Crippen LogP contribution in [0.25, 0.3) is 0 Å². The molecular formula is C25H27NO5S. The summed E-state index contributed by atoms with van der Waals surface area (Å²) in [5.41, 5.74) is 1.82. The first-order chi connectivity index (χ1) is 15.4. The van der Waals surface area contributed by atoms with Crippen molar-refractivity contribution >= 4 is 15.7 Å². The van der Waals surface area contributed by atoms with Crippen LogP contribution in [0.2, 0.25) is 0 Å². The molecule has 32 heavy (non-hydrogen) atoms. The first-order valence-corrected chi connectivity index (χ1v) is 12.0. The van der Waals surface area contributed by atoms with E-state index in [2.05, 4.69) is 5.32 Å². The number of hydrogen-bond acceptors (Lipinski definition) is 5. The maximum Gasteiger partial charge on any atom is 0.251 e. The molecule has 3 aromatic rings. The molecule has 0 aliphatic rings. The Hall–Kier alpha value is -3.32. The van der Waals surface area contributed by atoms with E-state index in [1.165, 1.54) is 0 Å². The number of carbonyl (C=O) groups is 1. The molecule has 0 saturated heterocycles. The van der Waals surface area contributed by atoms with E-state index in [0.29, 0.717) is 35.8 Å². The summed E-state index contributed by atoms with van der Waals surface area (Å²) in [6, 6.07) is 20.5. The fourth-order valence-corrected chi connectivity index (χ4v) is 4.53. The summed E-state index contributed by atoms with van der Waals surface area (Å²) in [6.45, 7) is 2.93. The monoisotopic (exact) mass is 453 g/mol. The molecule has 0 heterocycles. The lowest BCUT2D eigenvalue weighted by atomic mass is 10.1. The third-order valence-electron chi connectivity index (χ3n) is 4.79. The molecule has 1 N–H and O–H groups in total.